The zero-order valence-electron chi connectivity index (χ0n) is 10.7. The minimum absolute atomic E-state index is 0.0489. The molecular formula is C12H17NO4S2. The molecular weight excluding hydrogens is 286 g/mol. The van der Waals surface area contributed by atoms with Gasteiger partial charge in [0.2, 0.25) is 10.0 Å². The molecule has 0 aliphatic heterocycles. The molecule has 1 aliphatic carbocycles. The minimum atomic E-state index is -3.56. The van der Waals surface area contributed by atoms with Crippen LogP contribution in [0, 0.1) is 5.92 Å². The Morgan fingerprint density at radius 2 is 2.11 bits per heavy atom. The number of rotatable bonds is 5. The maximum Gasteiger partial charge on any atom is 0.345 e. The van der Waals surface area contributed by atoms with Crippen LogP contribution >= 0.6 is 11.3 Å². The first kappa shape index (κ1) is 14.5. The monoisotopic (exact) mass is 303 g/mol. The van der Waals surface area contributed by atoms with Crippen molar-refractivity contribution in [3.05, 3.63) is 16.3 Å². The van der Waals surface area contributed by atoms with Crippen LogP contribution in [0.3, 0.4) is 0 Å². The highest BCUT2D eigenvalue weighted by molar-refractivity contribution is 7.89. The number of sulfonamides is 1. The summed E-state index contributed by atoms with van der Waals surface area (Å²) in [6.07, 6.45) is 4.48. The van der Waals surface area contributed by atoms with Crippen LogP contribution in [-0.2, 0) is 10.0 Å². The second-order valence-electron chi connectivity index (χ2n) is 4.89. The maximum absolute atomic E-state index is 12.3. The molecule has 0 aromatic carbocycles. The number of hydrogen-bond acceptors (Lipinski definition) is 4. The third-order valence-corrected chi connectivity index (χ3v) is 6.35. The predicted molar refractivity (Wildman–Crippen MR) is 73.1 cm³/mol. The van der Waals surface area contributed by atoms with Crippen LogP contribution in [0.15, 0.2) is 16.3 Å². The van der Waals surface area contributed by atoms with Crippen LogP contribution < -0.4 is 0 Å². The van der Waals surface area contributed by atoms with E-state index in [0.717, 1.165) is 24.2 Å². The molecule has 1 heterocycles. The molecule has 2 rings (SSSR count). The average molecular weight is 303 g/mol. The Labute approximate surface area is 116 Å². The van der Waals surface area contributed by atoms with Gasteiger partial charge in [0.05, 0.1) is 4.90 Å². The van der Waals surface area contributed by atoms with E-state index in [4.69, 9.17) is 5.11 Å². The van der Waals surface area contributed by atoms with Crippen LogP contribution in [0.5, 0.6) is 0 Å². The van der Waals surface area contributed by atoms with E-state index in [1.54, 1.807) is 7.05 Å². The fourth-order valence-electron chi connectivity index (χ4n) is 2.40. The number of hydrogen-bond donors (Lipinski definition) is 1. The number of carboxylic acid groups (broad SMARTS) is 1. The van der Waals surface area contributed by atoms with Crippen molar-refractivity contribution >= 4 is 27.3 Å². The maximum atomic E-state index is 12.3. The Kier molecular flexibility index (Phi) is 4.27. The second-order valence-corrected chi connectivity index (χ2v) is 7.84. The van der Waals surface area contributed by atoms with Crippen molar-refractivity contribution in [3.8, 4) is 0 Å². The van der Waals surface area contributed by atoms with Crippen molar-refractivity contribution in [2.45, 2.75) is 30.6 Å². The molecule has 1 saturated carbocycles. The number of aromatic carboxylic acids is 1. The Morgan fingerprint density at radius 3 is 2.63 bits per heavy atom. The fourth-order valence-corrected chi connectivity index (χ4v) is 4.75. The number of carbonyl (C=O) groups is 1. The molecule has 0 radical (unpaired) electrons. The largest absolute Gasteiger partial charge is 0.477 e. The summed E-state index contributed by atoms with van der Waals surface area (Å²) < 4.78 is 25.9. The molecule has 0 amide bonds. The molecule has 106 valence electrons. The molecule has 0 atom stereocenters. The van der Waals surface area contributed by atoms with Gasteiger partial charge in [-0.15, -0.1) is 11.3 Å². The summed E-state index contributed by atoms with van der Waals surface area (Å²) in [6, 6.07) is 1.23. The summed E-state index contributed by atoms with van der Waals surface area (Å²) in [6.45, 7) is 0.514. The summed E-state index contributed by atoms with van der Waals surface area (Å²) in [5.41, 5.74) is 0. The van der Waals surface area contributed by atoms with Crippen LogP contribution in [0.2, 0.25) is 0 Å². The van der Waals surface area contributed by atoms with Gasteiger partial charge in [0.15, 0.2) is 0 Å². The zero-order chi connectivity index (χ0) is 14.0. The lowest BCUT2D eigenvalue weighted by atomic mass is 10.1. The van der Waals surface area contributed by atoms with E-state index in [1.807, 2.05) is 0 Å². The van der Waals surface area contributed by atoms with Crippen molar-refractivity contribution in [2.75, 3.05) is 13.6 Å². The summed E-state index contributed by atoms with van der Waals surface area (Å²) >= 11 is 0.939. The van der Waals surface area contributed by atoms with Crippen molar-refractivity contribution in [1.82, 2.24) is 4.31 Å². The SMILES string of the molecule is CN(CC1CCCC1)S(=O)(=O)c1csc(C(=O)O)c1. The molecule has 1 aromatic heterocycles. The van der Waals surface area contributed by atoms with E-state index in [1.165, 1.54) is 28.6 Å². The van der Waals surface area contributed by atoms with Gasteiger partial charge in [0.25, 0.3) is 0 Å². The molecule has 0 bridgehead atoms. The standard InChI is InChI=1S/C12H17NO4S2/c1-13(7-9-4-2-3-5-9)19(16,17)10-6-11(12(14)15)18-8-10/h6,8-9H,2-5,7H2,1H3,(H,14,15). The first-order valence-electron chi connectivity index (χ1n) is 6.19. The molecule has 1 fully saturated rings. The van der Waals surface area contributed by atoms with E-state index in [2.05, 4.69) is 0 Å². The van der Waals surface area contributed by atoms with Gasteiger partial charge in [-0.1, -0.05) is 12.8 Å². The first-order valence-corrected chi connectivity index (χ1v) is 8.51. The van der Waals surface area contributed by atoms with E-state index < -0.39 is 16.0 Å². The third-order valence-electron chi connectivity index (χ3n) is 3.48. The molecule has 1 aromatic rings. The second kappa shape index (κ2) is 5.60. The first-order chi connectivity index (χ1) is 8.91. The van der Waals surface area contributed by atoms with E-state index >= 15 is 0 Å². The number of nitrogens with zero attached hydrogens (tertiary/aromatic N) is 1. The Balaban J connectivity index is 2.13. The van der Waals surface area contributed by atoms with Gasteiger partial charge in [0.1, 0.15) is 4.88 Å². The van der Waals surface area contributed by atoms with Crippen molar-refractivity contribution in [2.24, 2.45) is 5.92 Å². The molecule has 0 saturated heterocycles. The minimum Gasteiger partial charge on any atom is -0.477 e. The highest BCUT2D eigenvalue weighted by Gasteiger charge is 2.27. The quantitative estimate of drug-likeness (QED) is 0.905. The highest BCUT2D eigenvalue weighted by atomic mass is 32.2. The number of carboxylic acids is 1. The molecule has 19 heavy (non-hydrogen) atoms. The summed E-state index contributed by atoms with van der Waals surface area (Å²) in [7, 11) is -2.00. The molecule has 7 heteroatoms. The van der Waals surface area contributed by atoms with Crippen LogP contribution in [0.1, 0.15) is 35.4 Å². The lowest BCUT2D eigenvalue weighted by molar-refractivity contribution is 0.0702. The topological polar surface area (TPSA) is 74.7 Å². The average Bonchev–Trinajstić information content (AvgIpc) is 2.99. The predicted octanol–water partition coefficient (Wildman–Crippen LogP) is 2.26. The summed E-state index contributed by atoms with van der Waals surface area (Å²) in [4.78, 5) is 10.9. The normalized spacial score (nSPS) is 17.2. The molecule has 0 unspecified atom stereocenters. The Morgan fingerprint density at radius 1 is 1.47 bits per heavy atom. The Bertz CT molecular complexity index is 558. The van der Waals surface area contributed by atoms with Gasteiger partial charge < -0.3 is 5.11 Å². The van der Waals surface area contributed by atoms with Gasteiger partial charge in [-0.25, -0.2) is 17.5 Å². The molecule has 1 aliphatic rings. The van der Waals surface area contributed by atoms with E-state index in [-0.39, 0.29) is 9.77 Å². The van der Waals surface area contributed by atoms with Crippen molar-refractivity contribution in [3.63, 3.8) is 0 Å². The Hall–Kier alpha value is -0.920. The lowest BCUT2D eigenvalue weighted by Gasteiger charge is -2.20. The van der Waals surface area contributed by atoms with Gasteiger partial charge in [-0.2, -0.15) is 0 Å². The molecule has 0 spiro atoms. The van der Waals surface area contributed by atoms with Crippen LogP contribution in [0.25, 0.3) is 0 Å². The van der Waals surface area contributed by atoms with E-state index in [0.29, 0.717) is 12.5 Å². The fraction of sp³-hybridized carbons (Fsp3) is 0.583. The number of thiophene rings is 1. The highest BCUT2D eigenvalue weighted by Crippen LogP contribution is 2.28. The van der Waals surface area contributed by atoms with Gasteiger partial charge >= 0.3 is 5.97 Å². The van der Waals surface area contributed by atoms with Gasteiger partial charge in [0, 0.05) is 19.0 Å². The summed E-state index contributed by atoms with van der Waals surface area (Å²) in [5.74, 6) is -0.665. The summed E-state index contributed by atoms with van der Waals surface area (Å²) in [5, 5.41) is 10.2. The van der Waals surface area contributed by atoms with Crippen molar-refractivity contribution in [1.29, 1.82) is 0 Å². The van der Waals surface area contributed by atoms with Crippen LogP contribution in [0.4, 0.5) is 0 Å². The third kappa shape index (κ3) is 3.16. The van der Waals surface area contributed by atoms with Gasteiger partial charge in [-0.3, -0.25) is 0 Å². The van der Waals surface area contributed by atoms with Gasteiger partial charge in [-0.05, 0) is 24.8 Å². The lowest BCUT2D eigenvalue weighted by Crippen LogP contribution is -2.31. The molecule has 5 nitrogen and oxygen atoms in total. The smallest absolute Gasteiger partial charge is 0.345 e. The van der Waals surface area contributed by atoms with E-state index in [9.17, 15) is 13.2 Å². The molecule has 1 N–H and O–H groups in total. The van der Waals surface area contributed by atoms with Crippen molar-refractivity contribution < 1.29 is 18.3 Å². The zero-order valence-corrected chi connectivity index (χ0v) is 12.3. The van der Waals surface area contributed by atoms with Crippen LogP contribution in [-0.4, -0.2) is 37.4 Å².